The lowest BCUT2D eigenvalue weighted by Gasteiger charge is -2.13. The maximum absolute atomic E-state index is 12.5. The highest BCUT2D eigenvalue weighted by Gasteiger charge is 2.34. The van der Waals surface area contributed by atoms with Crippen LogP contribution in [0.1, 0.15) is 17.7 Å². The minimum Gasteiger partial charge on any atom is -0.354 e. The minimum atomic E-state index is -0.448. The zero-order valence-electron chi connectivity index (χ0n) is 15.8. The number of aryl methyl sites for hydroxylation is 1. The first-order valence-electron chi connectivity index (χ1n) is 8.89. The van der Waals surface area contributed by atoms with E-state index in [0.717, 1.165) is 33.7 Å². The van der Waals surface area contributed by atoms with Gasteiger partial charge in [0.25, 0.3) is 11.1 Å². The highest BCUT2D eigenvalue weighted by Crippen LogP contribution is 2.34. The van der Waals surface area contributed by atoms with Gasteiger partial charge in [0.2, 0.25) is 5.91 Å². The average Bonchev–Trinajstić information content (AvgIpc) is 3.16. The van der Waals surface area contributed by atoms with Crippen LogP contribution in [0.2, 0.25) is 10.0 Å². The van der Waals surface area contributed by atoms with Crippen LogP contribution in [0.25, 0.3) is 6.08 Å². The lowest BCUT2D eigenvalue weighted by Crippen LogP contribution is -2.37. The predicted molar refractivity (Wildman–Crippen MR) is 120 cm³/mol. The number of benzene rings is 1. The zero-order valence-corrected chi connectivity index (χ0v) is 19.0. The second-order valence-corrected chi connectivity index (χ2v) is 8.97. The molecule has 0 aliphatic carbocycles. The summed E-state index contributed by atoms with van der Waals surface area (Å²) in [5, 5.41) is 4.65. The highest BCUT2D eigenvalue weighted by atomic mass is 35.5. The van der Waals surface area contributed by atoms with Crippen molar-refractivity contribution >= 4 is 69.4 Å². The third-order valence-corrected chi connectivity index (χ3v) is 6.96. The van der Waals surface area contributed by atoms with Crippen molar-refractivity contribution in [3.63, 3.8) is 0 Å². The molecule has 3 amide bonds. The minimum absolute atomic E-state index is 0.0501. The number of carbonyl (C=O) groups excluding carboxylic acids is 3. The largest absolute Gasteiger partial charge is 0.354 e. The number of thiazole rings is 1. The molecule has 0 saturated carbocycles. The van der Waals surface area contributed by atoms with E-state index in [4.69, 9.17) is 23.2 Å². The van der Waals surface area contributed by atoms with Gasteiger partial charge in [0.15, 0.2) is 0 Å². The summed E-state index contributed by atoms with van der Waals surface area (Å²) >= 11 is 14.0. The number of hydrogen-bond donors (Lipinski definition) is 1. The van der Waals surface area contributed by atoms with E-state index >= 15 is 0 Å². The van der Waals surface area contributed by atoms with E-state index in [-0.39, 0.29) is 41.7 Å². The molecule has 1 aromatic heterocycles. The number of carbonyl (C=O) groups is 3. The van der Waals surface area contributed by atoms with Gasteiger partial charge in [-0.15, -0.1) is 0 Å². The molecule has 3 rings (SSSR count). The Morgan fingerprint density at radius 2 is 1.97 bits per heavy atom. The number of imide groups is 1. The van der Waals surface area contributed by atoms with E-state index in [0.29, 0.717) is 15.6 Å². The molecule has 1 aromatic carbocycles. The Balaban J connectivity index is 1.53. The molecular weight excluding hydrogens is 469 g/mol. The molecule has 1 fully saturated rings. The molecule has 1 saturated heterocycles. The Hall–Kier alpha value is -2.07. The number of aromatic nitrogens is 1. The van der Waals surface area contributed by atoms with Crippen molar-refractivity contribution in [3.8, 4) is 0 Å². The number of nitrogens with one attached hydrogen (secondary N) is 1. The van der Waals surface area contributed by atoms with E-state index in [9.17, 15) is 19.2 Å². The molecule has 0 unspecified atom stereocenters. The maximum atomic E-state index is 12.5. The predicted octanol–water partition coefficient (Wildman–Crippen LogP) is 3.77. The number of thioether (sulfide) groups is 1. The van der Waals surface area contributed by atoms with Gasteiger partial charge in [-0.05, 0) is 36.4 Å². The molecule has 1 aliphatic heterocycles. The second kappa shape index (κ2) is 9.82. The van der Waals surface area contributed by atoms with E-state index in [1.165, 1.54) is 10.6 Å². The number of halogens is 2. The van der Waals surface area contributed by atoms with Crippen molar-refractivity contribution in [1.29, 1.82) is 0 Å². The first-order valence-corrected chi connectivity index (χ1v) is 11.3. The van der Waals surface area contributed by atoms with Crippen molar-refractivity contribution in [3.05, 3.63) is 59.5 Å². The molecule has 7 nitrogen and oxygen atoms in total. The number of hydrogen-bond acceptors (Lipinski definition) is 6. The molecule has 0 bridgehead atoms. The van der Waals surface area contributed by atoms with Crippen LogP contribution in [-0.4, -0.2) is 39.6 Å². The Labute approximate surface area is 190 Å². The maximum Gasteiger partial charge on any atom is 0.307 e. The topological polar surface area (TPSA) is 88.5 Å². The van der Waals surface area contributed by atoms with Crippen molar-refractivity contribution in [2.45, 2.75) is 19.9 Å². The molecule has 0 atom stereocenters. The van der Waals surface area contributed by atoms with Crippen molar-refractivity contribution in [1.82, 2.24) is 14.8 Å². The van der Waals surface area contributed by atoms with E-state index in [1.807, 2.05) is 0 Å². The fraction of sp³-hybridized carbons (Fsp3) is 0.263. The molecule has 1 N–H and O–H groups in total. The lowest BCUT2D eigenvalue weighted by molar-refractivity contribution is -0.124. The van der Waals surface area contributed by atoms with Gasteiger partial charge < -0.3 is 9.88 Å². The molecule has 2 heterocycles. The standard InChI is InChI=1S/C19H17Cl2N3O4S2/c1-11-10-29-18(27)23(11)7-5-15(25)22-6-8-24-17(26)14(30-19(24)28)9-12-3-2-4-13(20)16(12)21/h2-4,9-10H,5-8H2,1H3,(H,22,25). The Kier molecular flexibility index (Phi) is 7.41. The van der Waals surface area contributed by atoms with Gasteiger partial charge in [0.05, 0.1) is 15.0 Å². The van der Waals surface area contributed by atoms with Gasteiger partial charge in [-0.25, -0.2) is 0 Å². The summed E-state index contributed by atoms with van der Waals surface area (Å²) in [5.74, 6) is -0.712. The van der Waals surface area contributed by atoms with Crippen molar-refractivity contribution in [2.24, 2.45) is 0 Å². The van der Waals surface area contributed by atoms with Gasteiger partial charge in [0.1, 0.15) is 0 Å². The van der Waals surface area contributed by atoms with E-state index in [1.54, 1.807) is 30.5 Å². The van der Waals surface area contributed by atoms with Gasteiger partial charge >= 0.3 is 4.87 Å². The summed E-state index contributed by atoms with van der Waals surface area (Å²) < 4.78 is 1.53. The molecule has 0 spiro atoms. The summed E-state index contributed by atoms with van der Waals surface area (Å²) in [5.41, 5.74) is 1.35. The summed E-state index contributed by atoms with van der Waals surface area (Å²) in [6.07, 6.45) is 1.66. The van der Waals surface area contributed by atoms with Gasteiger partial charge in [0, 0.05) is 37.1 Å². The Bertz CT molecular complexity index is 1090. The van der Waals surface area contributed by atoms with Gasteiger partial charge in [-0.2, -0.15) is 0 Å². The normalized spacial score (nSPS) is 15.3. The average molecular weight is 486 g/mol. The molecule has 2 aromatic rings. The van der Waals surface area contributed by atoms with Crippen LogP contribution in [0.3, 0.4) is 0 Å². The third kappa shape index (κ3) is 5.15. The van der Waals surface area contributed by atoms with Crippen LogP contribution in [0.15, 0.2) is 33.3 Å². The molecule has 30 heavy (non-hydrogen) atoms. The van der Waals surface area contributed by atoms with Crippen LogP contribution in [-0.2, 0) is 16.1 Å². The lowest BCUT2D eigenvalue weighted by atomic mass is 10.2. The number of rotatable bonds is 7. The smallest absolute Gasteiger partial charge is 0.307 e. The zero-order chi connectivity index (χ0) is 21.8. The fourth-order valence-electron chi connectivity index (χ4n) is 2.75. The third-order valence-electron chi connectivity index (χ3n) is 4.34. The summed E-state index contributed by atoms with van der Waals surface area (Å²) in [4.78, 5) is 49.6. The number of amides is 3. The van der Waals surface area contributed by atoms with Crippen molar-refractivity contribution in [2.75, 3.05) is 13.1 Å². The first-order chi connectivity index (χ1) is 14.3. The molecule has 11 heteroatoms. The molecule has 158 valence electrons. The summed E-state index contributed by atoms with van der Waals surface area (Å²) in [6, 6.07) is 5.03. The van der Waals surface area contributed by atoms with Gasteiger partial charge in [-0.1, -0.05) is 46.7 Å². The van der Waals surface area contributed by atoms with E-state index < -0.39 is 11.1 Å². The number of nitrogens with zero attached hydrogens (tertiary/aromatic N) is 2. The monoisotopic (exact) mass is 485 g/mol. The van der Waals surface area contributed by atoms with Crippen molar-refractivity contribution < 1.29 is 14.4 Å². The van der Waals surface area contributed by atoms with Crippen LogP contribution in [0.4, 0.5) is 4.79 Å². The van der Waals surface area contributed by atoms with Crippen LogP contribution < -0.4 is 10.2 Å². The fourth-order valence-corrected chi connectivity index (χ4v) is 4.73. The van der Waals surface area contributed by atoms with Crippen LogP contribution in [0.5, 0.6) is 0 Å². The quantitative estimate of drug-likeness (QED) is 0.602. The SMILES string of the molecule is Cc1csc(=O)n1CCC(=O)NCCN1C(=O)SC(=Cc2cccc(Cl)c2Cl)C1=O. The summed E-state index contributed by atoms with van der Waals surface area (Å²) in [7, 11) is 0. The molecular formula is C19H17Cl2N3O4S2. The highest BCUT2D eigenvalue weighted by molar-refractivity contribution is 8.18. The first kappa shape index (κ1) is 22.6. The second-order valence-electron chi connectivity index (χ2n) is 6.37. The van der Waals surface area contributed by atoms with Crippen LogP contribution >= 0.6 is 46.3 Å². The molecule has 1 aliphatic rings. The van der Waals surface area contributed by atoms with Crippen LogP contribution in [0, 0.1) is 6.92 Å². The summed E-state index contributed by atoms with van der Waals surface area (Å²) in [6.45, 7) is 2.26. The van der Waals surface area contributed by atoms with Gasteiger partial charge in [-0.3, -0.25) is 24.1 Å². The Morgan fingerprint density at radius 1 is 1.20 bits per heavy atom. The molecule has 0 radical (unpaired) electrons. The van der Waals surface area contributed by atoms with E-state index in [2.05, 4.69) is 5.32 Å². The Morgan fingerprint density at radius 3 is 2.67 bits per heavy atom.